The minimum Gasteiger partial charge on any atom is -0.368 e. The highest BCUT2D eigenvalue weighted by atomic mass is 16.5. The number of fused-ring (bicyclic) bond motifs is 1. The predicted octanol–water partition coefficient (Wildman–Crippen LogP) is 2.11. The molecular formula is C22H30N2O4. The summed E-state index contributed by atoms with van der Waals surface area (Å²) in [5, 5.41) is 2.96. The first-order valence-corrected chi connectivity index (χ1v) is 10.1. The predicted molar refractivity (Wildman–Crippen MR) is 106 cm³/mol. The van der Waals surface area contributed by atoms with Crippen LogP contribution in [0.25, 0.3) is 0 Å². The first-order valence-electron chi connectivity index (χ1n) is 10.1. The number of ether oxygens (including phenoxy) is 1. The number of amides is 2. The summed E-state index contributed by atoms with van der Waals surface area (Å²) in [6, 6.07) is 9.56. The fourth-order valence-electron chi connectivity index (χ4n) is 4.00. The van der Waals surface area contributed by atoms with Crippen LogP contribution in [0.15, 0.2) is 30.3 Å². The lowest BCUT2D eigenvalue weighted by Crippen LogP contribution is -2.43. The second-order valence-electron chi connectivity index (χ2n) is 8.56. The molecule has 1 N–H and O–H groups in total. The van der Waals surface area contributed by atoms with Crippen LogP contribution in [0.5, 0.6) is 0 Å². The largest absolute Gasteiger partial charge is 0.368 e. The van der Waals surface area contributed by atoms with Crippen LogP contribution in [0.1, 0.15) is 45.1 Å². The highest BCUT2D eigenvalue weighted by Gasteiger charge is 2.47. The van der Waals surface area contributed by atoms with Gasteiger partial charge in [-0.3, -0.25) is 14.4 Å². The Bertz CT molecular complexity index is 717. The Labute approximate surface area is 166 Å². The molecule has 2 fully saturated rings. The molecule has 6 heteroatoms. The normalized spacial score (nSPS) is 21.6. The van der Waals surface area contributed by atoms with Crippen LogP contribution in [0, 0.1) is 5.41 Å². The first kappa shape index (κ1) is 20.5. The second-order valence-corrected chi connectivity index (χ2v) is 8.56. The maximum atomic E-state index is 12.7. The lowest BCUT2D eigenvalue weighted by Gasteiger charge is -2.29. The van der Waals surface area contributed by atoms with Gasteiger partial charge in [0, 0.05) is 25.9 Å². The van der Waals surface area contributed by atoms with E-state index < -0.39 is 0 Å². The van der Waals surface area contributed by atoms with Crippen molar-refractivity contribution in [2.45, 2.75) is 58.1 Å². The molecule has 3 rings (SSSR count). The summed E-state index contributed by atoms with van der Waals surface area (Å²) in [6.07, 6.45) is 2.87. The molecule has 0 aromatic heterocycles. The Morgan fingerprint density at radius 1 is 1.25 bits per heavy atom. The van der Waals surface area contributed by atoms with Crippen molar-refractivity contribution in [2.24, 2.45) is 5.41 Å². The monoisotopic (exact) mass is 386 g/mol. The van der Waals surface area contributed by atoms with Crippen molar-refractivity contribution < 1.29 is 19.1 Å². The Hall–Kier alpha value is -2.21. The van der Waals surface area contributed by atoms with Crippen LogP contribution in [-0.2, 0) is 25.5 Å². The number of likely N-dealkylation sites (tertiary alicyclic amines) is 1. The van der Waals surface area contributed by atoms with Crippen molar-refractivity contribution in [3.63, 3.8) is 0 Å². The van der Waals surface area contributed by atoms with Gasteiger partial charge in [0.2, 0.25) is 11.8 Å². The molecule has 2 aliphatic heterocycles. The quantitative estimate of drug-likeness (QED) is 0.742. The smallest absolute Gasteiger partial charge is 0.223 e. The Morgan fingerprint density at radius 2 is 2.00 bits per heavy atom. The van der Waals surface area contributed by atoms with Gasteiger partial charge in [0.25, 0.3) is 0 Å². The van der Waals surface area contributed by atoms with E-state index in [1.807, 2.05) is 44.2 Å². The number of carbonyl (C=O) groups is 3. The van der Waals surface area contributed by atoms with Gasteiger partial charge in [-0.1, -0.05) is 44.2 Å². The number of hydrogen-bond acceptors (Lipinski definition) is 4. The van der Waals surface area contributed by atoms with Gasteiger partial charge in [-0.15, -0.1) is 0 Å². The van der Waals surface area contributed by atoms with Crippen LogP contribution in [-0.4, -0.2) is 54.3 Å². The highest BCUT2D eigenvalue weighted by molar-refractivity contribution is 5.92. The van der Waals surface area contributed by atoms with Crippen molar-refractivity contribution in [2.75, 3.05) is 19.7 Å². The van der Waals surface area contributed by atoms with Gasteiger partial charge in [0.15, 0.2) is 5.78 Å². The molecule has 0 bridgehead atoms. The third-order valence-corrected chi connectivity index (χ3v) is 5.67. The summed E-state index contributed by atoms with van der Waals surface area (Å²) in [6.45, 7) is 5.31. The topological polar surface area (TPSA) is 75.7 Å². The molecule has 1 aromatic carbocycles. The van der Waals surface area contributed by atoms with Gasteiger partial charge in [-0.25, -0.2) is 0 Å². The molecule has 0 spiro atoms. The van der Waals surface area contributed by atoms with E-state index >= 15 is 0 Å². The number of ketones is 1. The van der Waals surface area contributed by atoms with E-state index in [1.54, 1.807) is 4.90 Å². The molecule has 2 atom stereocenters. The molecule has 6 nitrogen and oxygen atoms in total. The minimum atomic E-state index is -0.388. The number of benzene rings is 1. The van der Waals surface area contributed by atoms with E-state index in [4.69, 9.17) is 4.74 Å². The van der Waals surface area contributed by atoms with Gasteiger partial charge < -0.3 is 15.0 Å². The molecule has 0 radical (unpaired) electrons. The molecule has 1 aromatic rings. The van der Waals surface area contributed by atoms with Crippen LogP contribution < -0.4 is 5.32 Å². The molecular weight excluding hydrogens is 356 g/mol. The lowest BCUT2D eigenvalue weighted by atomic mass is 9.85. The Balaban J connectivity index is 1.39. The fourth-order valence-corrected chi connectivity index (χ4v) is 4.00. The standard InChI is InChI=1S/C22H30N2O4/c1-22(2,11-12-23-19(26)9-8-16-6-4-3-5-7-16)14-20(27)24-13-10-18-21(24)17(25)15-28-18/h3-7,18,21H,8-15H2,1-2H3,(H,23,26). The van der Waals surface area contributed by atoms with Crippen LogP contribution >= 0.6 is 0 Å². The summed E-state index contributed by atoms with van der Waals surface area (Å²) < 4.78 is 5.45. The molecule has 2 amide bonds. The SMILES string of the molecule is CC(C)(CCNC(=O)CCc1ccccc1)CC(=O)N1CCC2OCC(=O)C21. The van der Waals surface area contributed by atoms with Gasteiger partial charge in [-0.05, 0) is 30.2 Å². The van der Waals surface area contributed by atoms with Crippen LogP contribution in [0.2, 0.25) is 0 Å². The summed E-state index contributed by atoms with van der Waals surface area (Å²) in [7, 11) is 0. The summed E-state index contributed by atoms with van der Waals surface area (Å²) in [5.74, 6) is 0.0492. The Kier molecular flexibility index (Phi) is 6.50. The zero-order valence-corrected chi connectivity index (χ0v) is 16.8. The van der Waals surface area contributed by atoms with Crippen molar-refractivity contribution in [1.82, 2.24) is 10.2 Å². The maximum Gasteiger partial charge on any atom is 0.223 e. The van der Waals surface area contributed by atoms with Crippen molar-refractivity contribution in [3.05, 3.63) is 35.9 Å². The number of rotatable bonds is 8. The Morgan fingerprint density at radius 3 is 2.75 bits per heavy atom. The van der Waals surface area contributed by atoms with Crippen LogP contribution in [0.4, 0.5) is 0 Å². The maximum absolute atomic E-state index is 12.7. The number of hydrogen-bond donors (Lipinski definition) is 1. The molecule has 2 aliphatic rings. The second kappa shape index (κ2) is 8.86. The molecule has 2 unspecified atom stereocenters. The molecule has 28 heavy (non-hydrogen) atoms. The zero-order chi connectivity index (χ0) is 20.1. The van der Waals surface area contributed by atoms with E-state index in [9.17, 15) is 14.4 Å². The zero-order valence-electron chi connectivity index (χ0n) is 16.8. The molecule has 2 saturated heterocycles. The van der Waals surface area contributed by atoms with E-state index in [0.29, 0.717) is 32.4 Å². The third-order valence-electron chi connectivity index (χ3n) is 5.67. The molecule has 152 valence electrons. The van der Waals surface area contributed by atoms with Crippen molar-refractivity contribution in [3.8, 4) is 0 Å². The van der Waals surface area contributed by atoms with E-state index in [0.717, 1.165) is 18.4 Å². The first-order chi connectivity index (χ1) is 13.4. The number of Topliss-reactive ketones (excluding diaryl/α,β-unsaturated/α-hetero) is 1. The number of carbonyl (C=O) groups excluding carboxylic acids is 3. The third kappa shape index (κ3) is 5.19. The number of nitrogens with zero attached hydrogens (tertiary/aromatic N) is 1. The number of nitrogens with one attached hydrogen (secondary N) is 1. The lowest BCUT2D eigenvalue weighted by molar-refractivity contribution is -0.138. The minimum absolute atomic E-state index is 0.00625. The summed E-state index contributed by atoms with van der Waals surface area (Å²) in [5.41, 5.74) is 0.905. The van der Waals surface area contributed by atoms with Gasteiger partial charge in [-0.2, -0.15) is 0 Å². The van der Waals surface area contributed by atoms with Gasteiger partial charge in [0.05, 0.1) is 6.10 Å². The molecule has 0 saturated carbocycles. The van der Waals surface area contributed by atoms with E-state index in [2.05, 4.69) is 5.32 Å². The molecule has 2 heterocycles. The van der Waals surface area contributed by atoms with E-state index in [1.165, 1.54) is 0 Å². The van der Waals surface area contributed by atoms with Crippen molar-refractivity contribution >= 4 is 17.6 Å². The van der Waals surface area contributed by atoms with Gasteiger partial charge in [0.1, 0.15) is 12.6 Å². The molecule has 0 aliphatic carbocycles. The average molecular weight is 386 g/mol. The van der Waals surface area contributed by atoms with Crippen LogP contribution in [0.3, 0.4) is 0 Å². The summed E-state index contributed by atoms with van der Waals surface area (Å²) >= 11 is 0. The summed E-state index contributed by atoms with van der Waals surface area (Å²) in [4.78, 5) is 38.5. The highest BCUT2D eigenvalue weighted by Crippen LogP contribution is 2.31. The average Bonchev–Trinajstić information content (AvgIpc) is 3.23. The van der Waals surface area contributed by atoms with Crippen molar-refractivity contribution in [1.29, 1.82) is 0 Å². The number of aryl methyl sites for hydroxylation is 1. The van der Waals surface area contributed by atoms with Gasteiger partial charge >= 0.3 is 0 Å². The fraction of sp³-hybridized carbons (Fsp3) is 0.591. The van der Waals surface area contributed by atoms with E-state index in [-0.39, 0.29) is 41.8 Å².